The van der Waals surface area contributed by atoms with Crippen molar-refractivity contribution in [1.29, 1.82) is 0 Å². The van der Waals surface area contributed by atoms with Gasteiger partial charge < -0.3 is 8.85 Å². The van der Waals surface area contributed by atoms with Crippen LogP contribution in [0.5, 0.6) is 0 Å². The maximum Gasteiger partial charge on any atom is 0.192 e. The van der Waals surface area contributed by atoms with Crippen LogP contribution in [-0.4, -0.2) is 35.1 Å². The average molecular weight is 371 g/mol. The number of carbonyl (C=O) groups excluding carboxylic acids is 1. The first kappa shape index (κ1) is 21.8. The lowest BCUT2D eigenvalue weighted by atomic mass is 9.96. The van der Waals surface area contributed by atoms with E-state index in [2.05, 4.69) is 67.7 Å². The van der Waals surface area contributed by atoms with Crippen LogP contribution < -0.4 is 0 Å². The minimum atomic E-state index is -1.86. The quantitative estimate of drug-likeness (QED) is 0.461. The molecule has 3 nitrogen and oxygen atoms in total. The molecule has 24 heavy (non-hydrogen) atoms. The van der Waals surface area contributed by atoms with E-state index in [9.17, 15) is 4.79 Å². The highest BCUT2D eigenvalue weighted by Crippen LogP contribution is 2.41. The molecular formula is C19H38O3Si2. The summed E-state index contributed by atoms with van der Waals surface area (Å²) < 4.78 is 13.1. The number of rotatable bonds is 5. The van der Waals surface area contributed by atoms with Gasteiger partial charge in [0.1, 0.15) is 6.29 Å². The molecule has 1 aliphatic rings. The van der Waals surface area contributed by atoms with Crippen molar-refractivity contribution in [2.45, 2.75) is 103 Å². The van der Waals surface area contributed by atoms with Crippen LogP contribution in [-0.2, 0) is 13.6 Å². The maximum atomic E-state index is 11.4. The molecule has 0 aromatic carbocycles. The smallest absolute Gasteiger partial charge is 0.192 e. The van der Waals surface area contributed by atoms with Crippen molar-refractivity contribution in [1.82, 2.24) is 0 Å². The molecule has 1 rings (SSSR count). The first-order valence-electron chi connectivity index (χ1n) is 9.10. The molecule has 1 aliphatic carbocycles. The molecule has 0 saturated carbocycles. The van der Waals surface area contributed by atoms with E-state index in [1.54, 1.807) is 0 Å². The molecule has 0 N–H and O–H groups in total. The summed E-state index contributed by atoms with van der Waals surface area (Å²) in [5.74, 6) is 0. The first-order chi connectivity index (χ1) is 10.6. The van der Waals surface area contributed by atoms with Gasteiger partial charge in [0.25, 0.3) is 0 Å². The molecule has 0 aromatic heterocycles. The van der Waals surface area contributed by atoms with Gasteiger partial charge in [0.05, 0.1) is 12.2 Å². The Balaban J connectivity index is 2.93. The maximum absolute atomic E-state index is 11.4. The second-order valence-electron chi connectivity index (χ2n) is 10.2. The van der Waals surface area contributed by atoms with Crippen LogP contribution >= 0.6 is 0 Å². The fourth-order valence-corrected chi connectivity index (χ4v) is 5.03. The van der Waals surface area contributed by atoms with Crippen LogP contribution in [0.25, 0.3) is 0 Å². The zero-order valence-corrected chi connectivity index (χ0v) is 19.4. The van der Waals surface area contributed by atoms with Crippen molar-refractivity contribution >= 4 is 22.9 Å². The molecule has 0 spiro atoms. The van der Waals surface area contributed by atoms with E-state index in [1.165, 1.54) is 0 Å². The van der Waals surface area contributed by atoms with Gasteiger partial charge in [-0.1, -0.05) is 47.6 Å². The van der Waals surface area contributed by atoms with Crippen molar-refractivity contribution < 1.29 is 13.6 Å². The minimum Gasteiger partial charge on any atom is -0.413 e. The molecule has 0 aromatic rings. The lowest BCUT2D eigenvalue weighted by molar-refractivity contribution is -0.105. The lowest BCUT2D eigenvalue weighted by Crippen LogP contribution is -2.48. The van der Waals surface area contributed by atoms with Crippen LogP contribution in [0.2, 0.25) is 36.3 Å². The van der Waals surface area contributed by atoms with Gasteiger partial charge in [-0.2, -0.15) is 0 Å². The molecule has 0 unspecified atom stereocenters. The van der Waals surface area contributed by atoms with E-state index in [0.717, 1.165) is 18.3 Å². The fraction of sp³-hybridized carbons (Fsp3) is 0.842. The van der Waals surface area contributed by atoms with Crippen molar-refractivity contribution in [2.24, 2.45) is 0 Å². The molecule has 140 valence electrons. The predicted octanol–water partition coefficient (Wildman–Crippen LogP) is 5.69. The van der Waals surface area contributed by atoms with Crippen molar-refractivity contribution in [3.8, 4) is 0 Å². The standard InChI is InChI=1S/C19H38O3Si2/c1-18(2,3)23(7,8)21-16-11-15(14-20)12-17(13-16)22-24(9,10)19(4,5)6/h11,14,16-17H,12-13H2,1-10H3/t16-,17-/m1/s1. The molecule has 0 bridgehead atoms. The van der Waals surface area contributed by atoms with Gasteiger partial charge in [-0.3, -0.25) is 4.79 Å². The summed E-state index contributed by atoms with van der Waals surface area (Å²) in [6.07, 6.45) is 4.66. The Hall–Kier alpha value is -0.236. The molecule has 5 heteroatoms. The Morgan fingerprint density at radius 2 is 1.42 bits per heavy atom. The van der Waals surface area contributed by atoms with E-state index in [0.29, 0.717) is 6.42 Å². The van der Waals surface area contributed by atoms with Gasteiger partial charge in [-0.25, -0.2) is 0 Å². The van der Waals surface area contributed by atoms with Crippen LogP contribution in [0, 0.1) is 0 Å². The Morgan fingerprint density at radius 3 is 1.83 bits per heavy atom. The number of aldehydes is 1. The molecule has 0 radical (unpaired) electrons. The van der Waals surface area contributed by atoms with Crippen molar-refractivity contribution in [3.05, 3.63) is 11.6 Å². The third-order valence-electron chi connectivity index (χ3n) is 6.03. The third kappa shape index (κ3) is 5.38. The summed E-state index contributed by atoms with van der Waals surface area (Å²) in [5.41, 5.74) is 0.827. The van der Waals surface area contributed by atoms with E-state index in [-0.39, 0.29) is 22.3 Å². The molecular weight excluding hydrogens is 332 g/mol. The second kappa shape index (κ2) is 7.18. The predicted molar refractivity (Wildman–Crippen MR) is 108 cm³/mol. The molecule has 0 saturated heterocycles. The van der Waals surface area contributed by atoms with Crippen LogP contribution in [0.15, 0.2) is 11.6 Å². The number of hydrogen-bond donors (Lipinski definition) is 0. The zero-order chi connectivity index (χ0) is 19.0. The van der Waals surface area contributed by atoms with Crippen molar-refractivity contribution in [2.75, 3.05) is 0 Å². The summed E-state index contributed by atoms with van der Waals surface area (Å²) in [6, 6.07) is 0. The SMILES string of the molecule is CC(C)(C)[Si](C)(C)O[C@@H]1CC(C=O)=C[C@@H](O[Si](C)(C)C(C)(C)C)C1. The lowest BCUT2D eigenvalue weighted by Gasteiger charge is -2.43. The monoisotopic (exact) mass is 370 g/mol. The van der Waals surface area contributed by atoms with E-state index in [1.807, 2.05) is 6.08 Å². The van der Waals surface area contributed by atoms with E-state index >= 15 is 0 Å². The third-order valence-corrected chi connectivity index (χ3v) is 15.1. The summed E-state index contributed by atoms with van der Waals surface area (Å²) in [6.45, 7) is 22.6. The Morgan fingerprint density at radius 1 is 0.958 bits per heavy atom. The molecule has 0 heterocycles. The van der Waals surface area contributed by atoms with Gasteiger partial charge in [0.2, 0.25) is 0 Å². The molecule has 2 atom stereocenters. The Kier molecular flexibility index (Phi) is 6.52. The van der Waals surface area contributed by atoms with Gasteiger partial charge in [-0.05, 0) is 41.8 Å². The van der Waals surface area contributed by atoms with Gasteiger partial charge >= 0.3 is 0 Å². The van der Waals surface area contributed by atoms with Crippen LogP contribution in [0.1, 0.15) is 54.4 Å². The molecule has 0 amide bonds. The highest BCUT2D eigenvalue weighted by Gasteiger charge is 2.42. The van der Waals surface area contributed by atoms with Gasteiger partial charge in [0, 0.05) is 12.8 Å². The Labute approximate surface area is 151 Å². The summed E-state index contributed by atoms with van der Waals surface area (Å²) in [4.78, 5) is 11.4. The normalized spacial score (nSPS) is 23.8. The van der Waals surface area contributed by atoms with Gasteiger partial charge in [-0.15, -0.1) is 0 Å². The first-order valence-corrected chi connectivity index (χ1v) is 14.9. The van der Waals surface area contributed by atoms with E-state index in [4.69, 9.17) is 8.85 Å². The molecule has 0 aliphatic heterocycles. The number of carbonyl (C=O) groups is 1. The summed E-state index contributed by atoms with van der Waals surface area (Å²) >= 11 is 0. The summed E-state index contributed by atoms with van der Waals surface area (Å²) in [5, 5.41) is 0.334. The second-order valence-corrected chi connectivity index (χ2v) is 19.7. The van der Waals surface area contributed by atoms with Crippen LogP contribution in [0.4, 0.5) is 0 Å². The Bertz CT molecular complexity index is 482. The zero-order valence-electron chi connectivity index (χ0n) is 17.4. The topological polar surface area (TPSA) is 35.5 Å². The van der Waals surface area contributed by atoms with Gasteiger partial charge in [0.15, 0.2) is 16.6 Å². The summed E-state index contributed by atoms with van der Waals surface area (Å²) in [7, 11) is -3.71. The minimum absolute atomic E-state index is 0.00499. The number of hydrogen-bond acceptors (Lipinski definition) is 3. The largest absolute Gasteiger partial charge is 0.413 e. The fourth-order valence-electron chi connectivity index (χ4n) is 2.39. The average Bonchev–Trinajstić information content (AvgIpc) is 2.34. The highest BCUT2D eigenvalue weighted by molar-refractivity contribution is 6.74. The molecule has 0 fully saturated rings. The highest BCUT2D eigenvalue weighted by atomic mass is 28.4. The van der Waals surface area contributed by atoms with Crippen LogP contribution in [0.3, 0.4) is 0 Å². The van der Waals surface area contributed by atoms with Crippen molar-refractivity contribution in [3.63, 3.8) is 0 Å². The van der Waals surface area contributed by atoms with E-state index < -0.39 is 16.6 Å².